The number of aromatic nitrogens is 1. The van der Waals surface area contributed by atoms with Crippen molar-refractivity contribution in [3.05, 3.63) is 27.9 Å². The van der Waals surface area contributed by atoms with Crippen LogP contribution in [0.15, 0.2) is 12.3 Å². The summed E-state index contributed by atoms with van der Waals surface area (Å²) in [7, 11) is 0. The fraction of sp³-hybridized carbons (Fsp3) is 0.500. The van der Waals surface area contributed by atoms with Gasteiger partial charge in [-0.2, -0.15) is 0 Å². The highest BCUT2D eigenvalue weighted by Crippen LogP contribution is 2.19. The van der Waals surface area contributed by atoms with Gasteiger partial charge in [0, 0.05) is 6.04 Å². The smallest absolute Gasteiger partial charge is 0.300 e. The van der Waals surface area contributed by atoms with Gasteiger partial charge in [0.15, 0.2) is 0 Å². The maximum atomic E-state index is 12.1. The molecule has 3 N–H and O–H groups in total. The van der Waals surface area contributed by atoms with Crippen LogP contribution in [-0.2, 0) is 0 Å². The first-order valence-corrected chi connectivity index (χ1v) is 6.20. The number of nitrogens with two attached hydrogens (primary N) is 1. The lowest BCUT2D eigenvalue weighted by atomic mass is 10.1. The minimum absolute atomic E-state index is 0.00601. The van der Waals surface area contributed by atoms with Gasteiger partial charge >= 0.3 is 0 Å². The number of pyridine rings is 1. The summed E-state index contributed by atoms with van der Waals surface area (Å²) < 4.78 is 0. The van der Waals surface area contributed by atoms with Crippen LogP contribution in [0.5, 0.6) is 0 Å². The van der Waals surface area contributed by atoms with Crippen LogP contribution in [0.2, 0.25) is 0 Å². The average molecular weight is 266 g/mol. The molecule has 0 aliphatic heterocycles. The molecule has 1 rings (SSSR count). The zero-order valence-electron chi connectivity index (χ0n) is 11.0. The van der Waals surface area contributed by atoms with Gasteiger partial charge in [-0.1, -0.05) is 20.3 Å². The lowest BCUT2D eigenvalue weighted by molar-refractivity contribution is -0.385. The quantitative estimate of drug-likeness (QED) is 0.603. The lowest BCUT2D eigenvalue weighted by Gasteiger charge is -2.16. The molecule has 1 atom stereocenters. The highest BCUT2D eigenvalue weighted by Gasteiger charge is 2.22. The van der Waals surface area contributed by atoms with Crippen molar-refractivity contribution in [3.63, 3.8) is 0 Å². The largest absolute Gasteiger partial charge is 0.384 e. The lowest BCUT2D eigenvalue weighted by Crippen LogP contribution is -2.34. The molecule has 0 aliphatic rings. The SMILES string of the molecule is CCCC(CC)NC(=O)c1cc(N)ncc1[N+](=O)[O-]. The Morgan fingerprint density at radius 2 is 2.26 bits per heavy atom. The van der Waals surface area contributed by atoms with Crippen LogP contribution in [-0.4, -0.2) is 21.9 Å². The highest BCUT2D eigenvalue weighted by molar-refractivity contribution is 5.98. The highest BCUT2D eigenvalue weighted by atomic mass is 16.6. The maximum Gasteiger partial charge on any atom is 0.300 e. The predicted molar refractivity (Wildman–Crippen MR) is 71.8 cm³/mol. The van der Waals surface area contributed by atoms with E-state index in [-0.39, 0.29) is 23.1 Å². The number of nitrogen functional groups attached to an aromatic ring is 1. The number of carbonyl (C=O) groups is 1. The third-order valence-electron chi connectivity index (χ3n) is 2.81. The molecule has 0 saturated heterocycles. The van der Waals surface area contributed by atoms with Crippen LogP contribution in [0.25, 0.3) is 0 Å². The predicted octanol–water partition coefficient (Wildman–Crippen LogP) is 1.88. The Balaban J connectivity index is 2.98. The number of hydrogen-bond donors (Lipinski definition) is 2. The van der Waals surface area contributed by atoms with Crippen LogP contribution in [0, 0.1) is 10.1 Å². The summed E-state index contributed by atoms with van der Waals surface area (Å²) in [6, 6.07) is 1.23. The van der Waals surface area contributed by atoms with Gasteiger partial charge in [0.25, 0.3) is 11.6 Å². The Morgan fingerprint density at radius 1 is 1.58 bits per heavy atom. The van der Waals surface area contributed by atoms with Crippen LogP contribution < -0.4 is 11.1 Å². The van der Waals surface area contributed by atoms with Crippen LogP contribution in [0.4, 0.5) is 11.5 Å². The van der Waals surface area contributed by atoms with E-state index in [1.54, 1.807) is 0 Å². The van der Waals surface area contributed by atoms with Crippen molar-refractivity contribution in [2.24, 2.45) is 0 Å². The average Bonchev–Trinajstić information content (AvgIpc) is 2.37. The summed E-state index contributed by atoms with van der Waals surface area (Å²) in [6.45, 7) is 3.97. The molecule has 0 spiro atoms. The fourth-order valence-electron chi connectivity index (χ4n) is 1.78. The monoisotopic (exact) mass is 266 g/mol. The summed E-state index contributed by atoms with van der Waals surface area (Å²) >= 11 is 0. The third kappa shape index (κ3) is 3.90. The van der Waals surface area contributed by atoms with E-state index in [0.29, 0.717) is 0 Å². The molecule has 0 radical (unpaired) electrons. The Bertz CT molecular complexity index is 476. The van der Waals surface area contributed by atoms with Crippen molar-refractivity contribution in [1.82, 2.24) is 10.3 Å². The fourth-order valence-corrected chi connectivity index (χ4v) is 1.78. The van der Waals surface area contributed by atoms with Gasteiger partial charge in [0.1, 0.15) is 17.6 Å². The minimum atomic E-state index is -0.637. The molecular formula is C12H18N4O3. The summed E-state index contributed by atoms with van der Waals surface area (Å²) in [5.41, 5.74) is 5.09. The molecule has 1 heterocycles. The minimum Gasteiger partial charge on any atom is -0.384 e. The van der Waals surface area contributed by atoms with E-state index in [2.05, 4.69) is 10.3 Å². The van der Waals surface area contributed by atoms with E-state index in [1.807, 2.05) is 13.8 Å². The Hall–Kier alpha value is -2.18. The van der Waals surface area contributed by atoms with E-state index < -0.39 is 10.8 Å². The molecule has 7 nitrogen and oxygen atoms in total. The molecule has 1 aromatic rings. The van der Waals surface area contributed by atoms with Crippen molar-refractivity contribution in [3.8, 4) is 0 Å². The van der Waals surface area contributed by atoms with Crippen molar-refractivity contribution in [2.45, 2.75) is 39.2 Å². The van der Waals surface area contributed by atoms with E-state index >= 15 is 0 Å². The van der Waals surface area contributed by atoms with Gasteiger partial charge in [0.05, 0.1) is 4.92 Å². The maximum absolute atomic E-state index is 12.1. The zero-order chi connectivity index (χ0) is 14.4. The molecule has 0 bridgehead atoms. The number of carbonyl (C=O) groups excluding carboxylic acids is 1. The summed E-state index contributed by atoms with van der Waals surface area (Å²) in [6.07, 6.45) is 3.54. The van der Waals surface area contributed by atoms with E-state index in [1.165, 1.54) is 6.07 Å². The standard InChI is InChI=1S/C12H18N4O3/c1-3-5-8(4-2)15-12(17)9-6-11(13)14-7-10(9)16(18)19/h6-8H,3-5H2,1-2H3,(H2,13,14)(H,15,17). The second kappa shape index (κ2) is 6.67. The Morgan fingerprint density at radius 3 is 2.79 bits per heavy atom. The number of rotatable bonds is 6. The number of hydrogen-bond acceptors (Lipinski definition) is 5. The van der Waals surface area contributed by atoms with E-state index in [0.717, 1.165) is 25.5 Å². The molecule has 1 amide bonds. The summed E-state index contributed by atoms with van der Waals surface area (Å²) in [4.78, 5) is 25.9. The van der Waals surface area contributed by atoms with E-state index in [9.17, 15) is 14.9 Å². The Kier molecular flexibility index (Phi) is 5.23. The number of anilines is 1. The summed E-state index contributed by atoms with van der Waals surface area (Å²) in [5.74, 6) is -0.402. The second-order valence-corrected chi connectivity index (χ2v) is 4.25. The number of nitrogens with one attached hydrogen (secondary N) is 1. The Labute approximate surface area is 111 Å². The molecule has 0 fully saturated rings. The van der Waals surface area contributed by atoms with Crippen LogP contribution >= 0.6 is 0 Å². The first-order valence-electron chi connectivity index (χ1n) is 6.20. The van der Waals surface area contributed by atoms with Crippen molar-refractivity contribution < 1.29 is 9.72 Å². The van der Waals surface area contributed by atoms with Crippen LogP contribution in [0.3, 0.4) is 0 Å². The molecule has 1 aromatic heterocycles. The molecule has 0 aromatic carbocycles. The van der Waals surface area contributed by atoms with Crippen molar-refractivity contribution in [2.75, 3.05) is 5.73 Å². The first kappa shape index (κ1) is 14.9. The normalized spacial score (nSPS) is 11.9. The number of nitrogens with zero attached hydrogens (tertiary/aromatic N) is 2. The second-order valence-electron chi connectivity index (χ2n) is 4.25. The first-order chi connectivity index (χ1) is 8.99. The molecular weight excluding hydrogens is 248 g/mol. The van der Waals surface area contributed by atoms with Gasteiger partial charge in [-0.05, 0) is 18.9 Å². The zero-order valence-corrected chi connectivity index (χ0v) is 11.0. The van der Waals surface area contributed by atoms with Gasteiger partial charge in [-0.15, -0.1) is 0 Å². The van der Waals surface area contributed by atoms with Crippen molar-refractivity contribution >= 4 is 17.4 Å². The molecule has 104 valence electrons. The molecule has 0 saturated carbocycles. The summed E-state index contributed by atoms with van der Waals surface area (Å²) in [5, 5.41) is 13.6. The van der Waals surface area contributed by atoms with Gasteiger partial charge < -0.3 is 11.1 Å². The molecule has 19 heavy (non-hydrogen) atoms. The molecule has 0 aliphatic carbocycles. The number of nitro groups is 1. The van der Waals surface area contributed by atoms with Gasteiger partial charge in [0.2, 0.25) is 0 Å². The van der Waals surface area contributed by atoms with E-state index in [4.69, 9.17) is 5.73 Å². The topological polar surface area (TPSA) is 111 Å². The molecule has 1 unspecified atom stereocenters. The van der Waals surface area contributed by atoms with Crippen LogP contribution in [0.1, 0.15) is 43.5 Å². The molecule has 7 heteroatoms. The van der Waals surface area contributed by atoms with Crippen molar-refractivity contribution in [1.29, 1.82) is 0 Å². The number of amides is 1. The van der Waals surface area contributed by atoms with Gasteiger partial charge in [-0.3, -0.25) is 14.9 Å². The van der Waals surface area contributed by atoms with Gasteiger partial charge in [-0.25, -0.2) is 4.98 Å². The third-order valence-corrected chi connectivity index (χ3v) is 2.81.